The Morgan fingerprint density at radius 3 is 2.52 bits per heavy atom. The number of carbonyl (C=O) groups is 1. The van der Waals surface area contributed by atoms with E-state index in [1.807, 2.05) is 12.1 Å². The molecule has 3 rings (SSSR count). The summed E-state index contributed by atoms with van der Waals surface area (Å²) in [5, 5.41) is 4.13. The average Bonchev–Trinajstić information content (AvgIpc) is 2.62. The van der Waals surface area contributed by atoms with E-state index >= 15 is 0 Å². The maximum Gasteiger partial charge on any atom is 0.255 e. The first kappa shape index (κ1) is 18.1. The maximum absolute atomic E-state index is 12.6. The lowest BCUT2D eigenvalue weighted by molar-refractivity contribution is -0.898. The van der Waals surface area contributed by atoms with Crippen LogP contribution in [0, 0.1) is 0 Å². The van der Waals surface area contributed by atoms with Crippen molar-refractivity contribution in [2.45, 2.75) is 6.92 Å². The Labute approximate surface area is 158 Å². The van der Waals surface area contributed by atoms with E-state index in [2.05, 4.69) is 17.1 Å². The highest BCUT2D eigenvalue weighted by molar-refractivity contribution is 6.31. The fourth-order valence-corrected chi connectivity index (χ4v) is 3.49. The molecular weight excluding hydrogens is 357 g/mol. The first-order valence-corrected chi connectivity index (χ1v) is 9.27. The molecule has 1 saturated heterocycles. The van der Waals surface area contributed by atoms with Crippen molar-refractivity contribution < 1.29 is 9.69 Å². The first-order valence-electron chi connectivity index (χ1n) is 8.52. The second-order valence-electron chi connectivity index (χ2n) is 6.22. The third-order valence-corrected chi connectivity index (χ3v) is 5.08. The normalized spacial score (nSPS) is 15.2. The van der Waals surface area contributed by atoms with Crippen molar-refractivity contribution in [3.05, 3.63) is 58.1 Å². The van der Waals surface area contributed by atoms with Crippen molar-refractivity contribution in [3.8, 4) is 0 Å². The van der Waals surface area contributed by atoms with Gasteiger partial charge >= 0.3 is 0 Å². The molecular formula is C19H22Cl2N3O+. The van der Waals surface area contributed by atoms with Crippen LogP contribution in [-0.4, -0.2) is 38.6 Å². The molecule has 1 fully saturated rings. The number of piperazine rings is 1. The Morgan fingerprint density at radius 2 is 1.84 bits per heavy atom. The van der Waals surface area contributed by atoms with E-state index in [0.29, 0.717) is 15.6 Å². The van der Waals surface area contributed by atoms with E-state index in [1.54, 1.807) is 35.2 Å². The third-order valence-electron chi connectivity index (χ3n) is 4.60. The average molecular weight is 379 g/mol. The van der Waals surface area contributed by atoms with E-state index in [1.165, 1.54) is 0 Å². The van der Waals surface area contributed by atoms with E-state index < -0.39 is 0 Å². The summed E-state index contributed by atoms with van der Waals surface area (Å²) in [5.74, 6) is -0.191. The summed E-state index contributed by atoms with van der Waals surface area (Å²) >= 11 is 12.1. The number of halogens is 2. The van der Waals surface area contributed by atoms with Gasteiger partial charge in [0, 0.05) is 15.6 Å². The Balaban J connectivity index is 1.81. The zero-order valence-electron chi connectivity index (χ0n) is 14.2. The number of benzene rings is 2. The van der Waals surface area contributed by atoms with E-state index in [0.717, 1.165) is 44.1 Å². The highest BCUT2D eigenvalue weighted by Gasteiger charge is 2.21. The van der Waals surface area contributed by atoms with Crippen LogP contribution in [0.2, 0.25) is 10.0 Å². The van der Waals surface area contributed by atoms with E-state index in [-0.39, 0.29) is 5.91 Å². The van der Waals surface area contributed by atoms with Gasteiger partial charge in [0.15, 0.2) is 0 Å². The molecule has 4 nitrogen and oxygen atoms in total. The lowest BCUT2D eigenvalue weighted by Crippen LogP contribution is -3.14. The molecule has 2 N–H and O–H groups in total. The van der Waals surface area contributed by atoms with Crippen molar-refractivity contribution in [1.29, 1.82) is 0 Å². The van der Waals surface area contributed by atoms with Crippen LogP contribution in [0.4, 0.5) is 11.4 Å². The van der Waals surface area contributed by atoms with Crippen molar-refractivity contribution >= 4 is 40.5 Å². The van der Waals surface area contributed by atoms with Gasteiger partial charge in [0.1, 0.15) is 0 Å². The third kappa shape index (κ3) is 4.46. The molecule has 0 atom stereocenters. The van der Waals surface area contributed by atoms with Gasteiger partial charge in [-0.1, -0.05) is 29.3 Å². The molecule has 0 aliphatic carbocycles. The molecule has 1 amide bonds. The summed E-state index contributed by atoms with van der Waals surface area (Å²) in [7, 11) is 0. The van der Waals surface area contributed by atoms with Crippen molar-refractivity contribution in [2.75, 3.05) is 42.9 Å². The summed E-state index contributed by atoms with van der Waals surface area (Å²) in [5.41, 5.74) is 2.27. The maximum atomic E-state index is 12.6. The van der Waals surface area contributed by atoms with Gasteiger partial charge in [0.2, 0.25) is 0 Å². The number of rotatable bonds is 4. The smallest absolute Gasteiger partial charge is 0.255 e. The van der Waals surface area contributed by atoms with Gasteiger partial charge in [0.25, 0.3) is 5.91 Å². The van der Waals surface area contributed by atoms with Crippen molar-refractivity contribution in [1.82, 2.24) is 0 Å². The molecule has 25 heavy (non-hydrogen) atoms. The fraction of sp³-hybridized carbons (Fsp3) is 0.316. The number of hydrogen-bond donors (Lipinski definition) is 2. The molecule has 0 radical (unpaired) electrons. The fourth-order valence-electron chi connectivity index (χ4n) is 3.13. The SMILES string of the molecule is CC[NH+]1CCN(c2ccc(Cl)cc2NC(=O)c2cccc(Cl)c2)CC1. The van der Waals surface area contributed by atoms with E-state index in [4.69, 9.17) is 23.2 Å². The monoisotopic (exact) mass is 378 g/mol. The summed E-state index contributed by atoms with van der Waals surface area (Å²) in [6.07, 6.45) is 0. The number of likely N-dealkylation sites (N-methyl/N-ethyl adjacent to an activating group) is 1. The van der Waals surface area contributed by atoms with Gasteiger partial charge in [0.05, 0.1) is 44.1 Å². The highest BCUT2D eigenvalue weighted by atomic mass is 35.5. The molecule has 1 aliphatic rings. The Kier molecular flexibility index (Phi) is 5.84. The van der Waals surface area contributed by atoms with Crippen LogP contribution in [0.5, 0.6) is 0 Å². The number of anilines is 2. The van der Waals surface area contributed by atoms with Crippen LogP contribution in [0.25, 0.3) is 0 Å². The Hall–Kier alpha value is -1.75. The zero-order chi connectivity index (χ0) is 17.8. The molecule has 132 valence electrons. The predicted octanol–water partition coefficient (Wildman–Crippen LogP) is 2.97. The van der Waals surface area contributed by atoms with E-state index in [9.17, 15) is 4.79 Å². The number of amides is 1. The minimum Gasteiger partial charge on any atom is -0.359 e. The number of hydrogen-bond acceptors (Lipinski definition) is 2. The zero-order valence-corrected chi connectivity index (χ0v) is 15.7. The number of nitrogens with one attached hydrogen (secondary N) is 2. The van der Waals surface area contributed by atoms with Crippen LogP contribution in [0.3, 0.4) is 0 Å². The van der Waals surface area contributed by atoms with Gasteiger partial charge in [-0.2, -0.15) is 0 Å². The molecule has 0 spiro atoms. The largest absolute Gasteiger partial charge is 0.359 e. The van der Waals surface area contributed by atoms with Crippen LogP contribution in [-0.2, 0) is 0 Å². The van der Waals surface area contributed by atoms with Gasteiger partial charge in [-0.3, -0.25) is 4.79 Å². The molecule has 2 aromatic carbocycles. The second kappa shape index (κ2) is 8.09. The Morgan fingerprint density at radius 1 is 1.12 bits per heavy atom. The van der Waals surface area contributed by atoms with Gasteiger partial charge in [-0.05, 0) is 43.3 Å². The van der Waals surface area contributed by atoms with Gasteiger partial charge in [-0.15, -0.1) is 0 Å². The second-order valence-corrected chi connectivity index (χ2v) is 7.09. The van der Waals surface area contributed by atoms with Crippen LogP contribution < -0.4 is 15.1 Å². The van der Waals surface area contributed by atoms with Crippen LogP contribution >= 0.6 is 23.2 Å². The number of quaternary nitrogens is 1. The molecule has 2 aromatic rings. The molecule has 0 aromatic heterocycles. The lowest BCUT2D eigenvalue weighted by atomic mass is 10.1. The summed E-state index contributed by atoms with van der Waals surface area (Å²) < 4.78 is 0. The number of nitrogens with zero attached hydrogens (tertiary/aromatic N) is 1. The van der Waals surface area contributed by atoms with Crippen molar-refractivity contribution in [3.63, 3.8) is 0 Å². The molecule has 1 heterocycles. The van der Waals surface area contributed by atoms with Crippen molar-refractivity contribution in [2.24, 2.45) is 0 Å². The first-order chi connectivity index (χ1) is 12.1. The standard InChI is InChI=1S/C19H21Cl2N3O/c1-2-23-8-10-24(11-9-23)18-7-6-16(21)13-17(18)22-19(25)14-4-3-5-15(20)12-14/h3-7,12-13H,2,8-11H2,1H3,(H,22,25)/p+1. The van der Waals surface area contributed by atoms with Gasteiger partial charge in [-0.25, -0.2) is 0 Å². The molecule has 6 heteroatoms. The molecule has 0 bridgehead atoms. The van der Waals surface area contributed by atoms with Gasteiger partial charge < -0.3 is 15.1 Å². The summed E-state index contributed by atoms with van der Waals surface area (Å²) in [6.45, 7) is 7.48. The van der Waals surface area contributed by atoms with Crippen LogP contribution in [0.1, 0.15) is 17.3 Å². The number of carbonyl (C=O) groups excluding carboxylic acids is 1. The molecule has 1 aliphatic heterocycles. The molecule has 0 unspecified atom stereocenters. The lowest BCUT2D eigenvalue weighted by Gasteiger charge is -2.34. The highest BCUT2D eigenvalue weighted by Crippen LogP contribution is 2.30. The summed E-state index contributed by atoms with van der Waals surface area (Å²) in [4.78, 5) is 16.5. The molecule has 0 saturated carbocycles. The minimum atomic E-state index is -0.191. The summed E-state index contributed by atoms with van der Waals surface area (Å²) in [6, 6.07) is 12.6. The minimum absolute atomic E-state index is 0.191. The Bertz CT molecular complexity index is 758. The van der Waals surface area contributed by atoms with Crippen LogP contribution in [0.15, 0.2) is 42.5 Å². The topological polar surface area (TPSA) is 36.8 Å². The predicted molar refractivity (Wildman–Crippen MR) is 104 cm³/mol. The quantitative estimate of drug-likeness (QED) is 0.857.